The van der Waals surface area contributed by atoms with Crippen molar-refractivity contribution in [2.75, 3.05) is 21.6 Å². The Balaban J connectivity index is 2.25. The maximum atomic E-state index is 13.5. The van der Waals surface area contributed by atoms with Crippen molar-refractivity contribution in [3.8, 4) is 0 Å². The number of hydrogen-bond donors (Lipinski definition) is 1. The van der Waals surface area contributed by atoms with Gasteiger partial charge in [0, 0.05) is 5.75 Å². The Morgan fingerprint density at radius 1 is 1.38 bits per heavy atom. The molecule has 0 saturated carbocycles. The Morgan fingerprint density at radius 2 is 2.07 bits per heavy atom. The molecule has 2 rings (SSSR count). The minimum atomic E-state index is -3.85. The lowest BCUT2D eigenvalue weighted by Gasteiger charge is -2.29. The number of hydrogen-bond acceptors (Lipinski definition) is 7. The van der Waals surface area contributed by atoms with E-state index in [1.165, 1.54) is 35.2 Å². The maximum Gasteiger partial charge on any atom is 0.250 e. The van der Waals surface area contributed by atoms with Gasteiger partial charge in [0.2, 0.25) is 21.1 Å². The molecule has 160 valence electrons. The number of thioether (sulfide) groups is 1. The summed E-state index contributed by atoms with van der Waals surface area (Å²) in [6.07, 6.45) is 1.16. The molecule has 12 heteroatoms. The topological polar surface area (TPSA) is 92.3 Å². The highest BCUT2D eigenvalue weighted by atomic mass is 35.5. The minimum Gasteiger partial charge on any atom is -0.299 e. The Hall–Kier alpha value is -1.43. The summed E-state index contributed by atoms with van der Waals surface area (Å²) in [5.74, 6) is 0.113. The van der Waals surface area contributed by atoms with E-state index in [1.54, 1.807) is 6.92 Å². The average molecular weight is 481 g/mol. The van der Waals surface area contributed by atoms with Gasteiger partial charge in [-0.3, -0.25) is 14.4 Å². The predicted molar refractivity (Wildman–Crippen MR) is 117 cm³/mol. The summed E-state index contributed by atoms with van der Waals surface area (Å²) >= 11 is 8.56. The summed E-state index contributed by atoms with van der Waals surface area (Å²) in [5, 5.41) is 10.7. The highest BCUT2D eigenvalue weighted by Crippen LogP contribution is 2.29. The molecule has 0 aliphatic carbocycles. The number of nitrogens with one attached hydrogen (secondary N) is 1. The van der Waals surface area contributed by atoms with Crippen LogP contribution in [-0.4, -0.2) is 42.6 Å². The second-order valence-corrected chi connectivity index (χ2v) is 11.2. The van der Waals surface area contributed by atoms with Gasteiger partial charge in [0.05, 0.1) is 17.0 Å². The monoisotopic (exact) mass is 480 g/mol. The highest BCUT2D eigenvalue weighted by molar-refractivity contribution is 8.01. The first-order chi connectivity index (χ1) is 13.5. The molecule has 7 nitrogen and oxygen atoms in total. The molecule has 0 spiro atoms. The summed E-state index contributed by atoms with van der Waals surface area (Å²) in [6, 6.07) is 2.44. The fraction of sp³-hybridized carbons (Fsp3) is 0.471. The van der Waals surface area contributed by atoms with Crippen LogP contribution in [-0.2, 0) is 14.8 Å². The predicted octanol–water partition coefficient (Wildman–Crippen LogP) is 4.26. The second-order valence-electron chi connectivity index (χ2n) is 6.65. The Labute approximate surface area is 183 Å². The number of sulfonamides is 1. The first-order valence-corrected chi connectivity index (χ1v) is 12.8. The number of rotatable bonds is 9. The molecule has 0 aliphatic heterocycles. The molecule has 1 aromatic carbocycles. The van der Waals surface area contributed by atoms with Crippen LogP contribution in [0.2, 0.25) is 5.02 Å². The van der Waals surface area contributed by atoms with Crippen LogP contribution in [0.1, 0.15) is 27.2 Å². The van der Waals surface area contributed by atoms with E-state index in [1.807, 2.05) is 0 Å². The van der Waals surface area contributed by atoms with Crippen molar-refractivity contribution >= 4 is 61.4 Å². The zero-order chi connectivity index (χ0) is 21.8. The largest absolute Gasteiger partial charge is 0.299 e. The van der Waals surface area contributed by atoms with Crippen molar-refractivity contribution in [1.29, 1.82) is 0 Å². The van der Waals surface area contributed by atoms with E-state index in [0.29, 0.717) is 10.3 Å². The van der Waals surface area contributed by atoms with Gasteiger partial charge in [-0.25, -0.2) is 12.8 Å². The van der Waals surface area contributed by atoms with Crippen LogP contribution in [0.3, 0.4) is 0 Å². The van der Waals surface area contributed by atoms with Crippen LogP contribution in [0.15, 0.2) is 22.5 Å². The summed E-state index contributed by atoms with van der Waals surface area (Å²) in [6.45, 7) is 5.85. The Bertz CT molecular complexity index is 969. The molecule has 0 unspecified atom stereocenters. The molecule has 1 amide bonds. The Morgan fingerprint density at radius 3 is 2.62 bits per heavy atom. The third kappa shape index (κ3) is 6.53. The van der Waals surface area contributed by atoms with Crippen LogP contribution in [0, 0.1) is 11.7 Å². The molecular formula is C17H22ClFN4O3S3. The number of halogens is 2. The van der Waals surface area contributed by atoms with Gasteiger partial charge in [-0.05, 0) is 30.5 Å². The molecular weight excluding hydrogens is 459 g/mol. The number of carbonyl (C=O) groups excluding carboxylic acids is 1. The van der Waals surface area contributed by atoms with Crippen molar-refractivity contribution in [3.05, 3.63) is 29.0 Å². The van der Waals surface area contributed by atoms with E-state index >= 15 is 0 Å². The molecule has 0 aliphatic rings. The van der Waals surface area contributed by atoms with E-state index in [2.05, 4.69) is 29.4 Å². The second kappa shape index (κ2) is 10.1. The summed E-state index contributed by atoms with van der Waals surface area (Å²) in [5.41, 5.74) is 0.103. The Kier molecular flexibility index (Phi) is 8.27. The first kappa shape index (κ1) is 23.8. The lowest BCUT2D eigenvalue weighted by molar-refractivity contribution is -0.117. The van der Waals surface area contributed by atoms with E-state index < -0.39 is 27.8 Å². The molecule has 29 heavy (non-hydrogen) atoms. The molecule has 0 bridgehead atoms. The number of nitrogens with zero attached hydrogens (tertiary/aromatic N) is 3. The zero-order valence-electron chi connectivity index (χ0n) is 16.3. The number of aromatic nitrogens is 2. The fourth-order valence-electron chi connectivity index (χ4n) is 2.43. The van der Waals surface area contributed by atoms with Crippen molar-refractivity contribution < 1.29 is 17.6 Å². The van der Waals surface area contributed by atoms with Gasteiger partial charge < -0.3 is 0 Å². The van der Waals surface area contributed by atoms with Crippen LogP contribution in [0.25, 0.3) is 0 Å². The quantitative estimate of drug-likeness (QED) is 0.425. The summed E-state index contributed by atoms with van der Waals surface area (Å²) in [7, 11) is -3.85. The van der Waals surface area contributed by atoms with Crippen molar-refractivity contribution in [1.82, 2.24) is 10.2 Å². The van der Waals surface area contributed by atoms with Gasteiger partial charge >= 0.3 is 0 Å². The molecule has 1 aromatic heterocycles. The van der Waals surface area contributed by atoms with Gasteiger partial charge in [0.1, 0.15) is 11.9 Å². The van der Waals surface area contributed by atoms with E-state index in [-0.39, 0.29) is 22.3 Å². The fourth-order valence-corrected chi connectivity index (χ4v) is 5.54. The third-order valence-corrected chi connectivity index (χ3v) is 7.53. The normalized spacial score (nSPS) is 12.8. The van der Waals surface area contributed by atoms with Gasteiger partial charge in [-0.15, -0.1) is 10.2 Å². The molecule has 1 heterocycles. The molecule has 0 saturated heterocycles. The SMILES string of the molecule is CC[C@H](C(=O)Nc1nnc(SCC(C)C)s1)N(c1ccc(F)c(Cl)c1)S(C)(=O)=O. The lowest BCUT2D eigenvalue weighted by Crippen LogP contribution is -2.47. The van der Waals surface area contributed by atoms with Crippen LogP contribution >= 0.6 is 34.7 Å². The van der Waals surface area contributed by atoms with Gasteiger partial charge in [0.25, 0.3) is 0 Å². The zero-order valence-corrected chi connectivity index (χ0v) is 19.6. The molecule has 1 atom stereocenters. The van der Waals surface area contributed by atoms with Crippen molar-refractivity contribution in [2.24, 2.45) is 5.92 Å². The lowest BCUT2D eigenvalue weighted by atomic mass is 10.2. The van der Waals surface area contributed by atoms with Crippen LogP contribution < -0.4 is 9.62 Å². The van der Waals surface area contributed by atoms with Crippen LogP contribution in [0.5, 0.6) is 0 Å². The number of carbonyl (C=O) groups is 1. The van der Waals surface area contributed by atoms with E-state index in [9.17, 15) is 17.6 Å². The summed E-state index contributed by atoms with van der Waals surface area (Å²) < 4.78 is 40.0. The number of anilines is 2. The standard InChI is InChI=1S/C17H22ClFN4O3S3/c1-5-14(15(24)20-16-21-22-17(28-16)27-9-10(2)3)23(29(4,25)26)11-6-7-13(19)12(18)8-11/h6-8,10,14H,5,9H2,1-4H3,(H,20,21,24)/t14-/m1/s1. The molecule has 0 radical (unpaired) electrons. The molecule has 2 aromatic rings. The maximum absolute atomic E-state index is 13.5. The molecule has 1 N–H and O–H groups in total. The van der Waals surface area contributed by atoms with Crippen LogP contribution in [0.4, 0.5) is 15.2 Å². The first-order valence-electron chi connectivity index (χ1n) is 8.74. The third-order valence-electron chi connectivity index (χ3n) is 3.66. The van der Waals surface area contributed by atoms with E-state index in [0.717, 1.165) is 22.4 Å². The number of benzene rings is 1. The average Bonchev–Trinajstić information content (AvgIpc) is 3.06. The summed E-state index contributed by atoms with van der Waals surface area (Å²) in [4.78, 5) is 12.8. The van der Waals surface area contributed by atoms with Gasteiger partial charge in [-0.2, -0.15) is 0 Å². The van der Waals surface area contributed by atoms with Crippen molar-refractivity contribution in [3.63, 3.8) is 0 Å². The minimum absolute atomic E-state index is 0.103. The van der Waals surface area contributed by atoms with Gasteiger partial charge in [-0.1, -0.05) is 55.5 Å². The van der Waals surface area contributed by atoms with Gasteiger partial charge in [0.15, 0.2) is 4.34 Å². The molecule has 0 fully saturated rings. The van der Waals surface area contributed by atoms with Crippen molar-refractivity contribution in [2.45, 2.75) is 37.6 Å². The number of amides is 1. The smallest absolute Gasteiger partial charge is 0.250 e. The van der Waals surface area contributed by atoms with E-state index in [4.69, 9.17) is 11.6 Å². The highest BCUT2D eigenvalue weighted by Gasteiger charge is 2.32.